The van der Waals surface area contributed by atoms with Crippen LogP contribution in [0.25, 0.3) is 0 Å². The number of carbonyl (C=O) groups is 1. The Morgan fingerprint density at radius 2 is 1.84 bits per heavy atom. The van der Waals surface area contributed by atoms with Crippen molar-refractivity contribution in [3.05, 3.63) is 119 Å². The molecule has 0 saturated heterocycles. The van der Waals surface area contributed by atoms with Crippen LogP contribution in [0.3, 0.4) is 0 Å². The first kappa shape index (κ1) is 40.6. The molecule has 3 aromatic carbocycles. The summed E-state index contributed by atoms with van der Waals surface area (Å²) >= 11 is 0. The van der Waals surface area contributed by atoms with Crippen LogP contribution in [0.5, 0.6) is 11.5 Å². The molecule has 0 spiro atoms. The monoisotopic (exact) mass is 765 g/mol. The fourth-order valence-electron chi connectivity index (χ4n) is 8.77. The Kier molecular flexibility index (Phi) is 13.6. The van der Waals surface area contributed by atoms with Gasteiger partial charge in [0.1, 0.15) is 36.6 Å². The van der Waals surface area contributed by atoms with Gasteiger partial charge in [0.15, 0.2) is 0 Å². The average Bonchev–Trinajstić information content (AvgIpc) is 3.22. The van der Waals surface area contributed by atoms with Crippen molar-refractivity contribution in [1.29, 1.82) is 5.26 Å². The Balaban J connectivity index is 1.54. The molecule has 3 aromatic rings. The molecule has 11 heteroatoms. The van der Waals surface area contributed by atoms with E-state index in [0.717, 1.165) is 36.8 Å². The van der Waals surface area contributed by atoms with E-state index in [1.165, 1.54) is 6.07 Å². The molecule has 296 valence electrons. The van der Waals surface area contributed by atoms with E-state index in [1.807, 2.05) is 25.1 Å². The van der Waals surface area contributed by atoms with Crippen molar-refractivity contribution in [2.24, 2.45) is 22.9 Å². The quantitative estimate of drug-likeness (QED) is 0.0765. The molecule has 6 atom stereocenters. The lowest BCUT2D eigenvalue weighted by Crippen LogP contribution is -2.69. The minimum atomic E-state index is -1.40. The fourth-order valence-corrected chi connectivity index (χ4v) is 8.77. The fraction of sp³-hybridized carbons (Fsp3) is 0.444. The Labute approximate surface area is 328 Å². The van der Waals surface area contributed by atoms with Gasteiger partial charge in [-0.3, -0.25) is 4.79 Å². The van der Waals surface area contributed by atoms with Crippen molar-refractivity contribution >= 4 is 11.6 Å². The van der Waals surface area contributed by atoms with E-state index in [2.05, 4.69) is 18.7 Å². The molecule has 6 unspecified atom stereocenters. The minimum Gasteiger partial charge on any atom is -0.489 e. The highest BCUT2D eigenvalue weighted by Gasteiger charge is 2.65. The van der Waals surface area contributed by atoms with Gasteiger partial charge in [-0.2, -0.15) is 5.26 Å². The number of aliphatic hydroxyl groups is 2. The van der Waals surface area contributed by atoms with E-state index in [4.69, 9.17) is 24.2 Å². The van der Waals surface area contributed by atoms with Gasteiger partial charge in [0.05, 0.1) is 29.9 Å². The Hall–Kier alpha value is -5.02. The van der Waals surface area contributed by atoms with Crippen LogP contribution >= 0.6 is 0 Å². The molecule has 1 aliphatic heterocycles. The summed E-state index contributed by atoms with van der Waals surface area (Å²) < 4.78 is 35.0. The van der Waals surface area contributed by atoms with E-state index in [-0.39, 0.29) is 62.3 Å². The summed E-state index contributed by atoms with van der Waals surface area (Å²) in [6.07, 6.45) is 8.74. The lowest BCUT2D eigenvalue weighted by Gasteiger charge is -2.59. The number of hydrogen-bond donors (Lipinski definition) is 2. The number of unbranched alkanes of at least 4 members (excludes halogenated alkanes) is 2. The summed E-state index contributed by atoms with van der Waals surface area (Å²) in [5.74, 6) is -1.47. The van der Waals surface area contributed by atoms with E-state index >= 15 is 0 Å². The maximum absolute atomic E-state index is 14.6. The zero-order chi connectivity index (χ0) is 39.7. The molecule has 1 heterocycles. The Morgan fingerprint density at radius 3 is 2.54 bits per heavy atom. The second kappa shape index (κ2) is 18.7. The average molecular weight is 766 g/mol. The first-order valence-corrected chi connectivity index (χ1v) is 19.6. The third kappa shape index (κ3) is 8.38. The highest BCUT2D eigenvalue weighted by atomic mass is 19.1. The van der Waals surface area contributed by atoms with Crippen molar-refractivity contribution in [3.8, 4) is 17.6 Å². The van der Waals surface area contributed by atoms with Gasteiger partial charge in [-0.25, -0.2) is 4.39 Å². The summed E-state index contributed by atoms with van der Waals surface area (Å²) in [4.78, 5) is 21.8. The second-order valence-corrected chi connectivity index (χ2v) is 14.7. The predicted octanol–water partition coefficient (Wildman–Crippen LogP) is 7.70. The van der Waals surface area contributed by atoms with E-state index in [0.29, 0.717) is 53.3 Å². The maximum atomic E-state index is 14.6. The van der Waals surface area contributed by atoms with Gasteiger partial charge in [-0.15, -0.1) is 6.58 Å². The number of carbonyl (C=O) groups excluding carboxylic acids is 1. The zero-order valence-corrected chi connectivity index (χ0v) is 32.2. The van der Waals surface area contributed by atoms with Gasteiger partial charge in [-0.1, -0.05) is 48.3 Å². The molecule has 0 aromatic heterocycles. The molecule has 10 nitrogen and oxygen atoms in total. The zero-order valence-electron chi connectivity index (χ0n) is 32.2. The number of halogens is 1. The number of nitrogens with zero attached hydrogens (tertiary/aromatic N) is 3. The topological polar surface area (TPSA) is 134 Å². The summed E-state index contributed by atoms with van der Waals surface area (Å²) in [5, 5.41) is 33.7. The van der Waals surface area contributed by atoms with Crippen molar-refractivity contribution in [1.82, 2.24) is 4.90 Å². The van der Waals surface area contributed by atoms with Gasteiger partial charge in [0.2, 0.25) is 5.79 Å². The molecule has 6 rings (SSSR count). The van der Waals surface area contributed by atoms with Crippen molar-refractivity contribution in [2.75, 3.05) is 33.5 Å². The first-order valence-electron chi connectivity index (χ1n) is 19.6. The number of ether oxygens (including phenoxy) is 3. The number of oxime groups is 1. The van der Waals surface area contributed by atoms with Crippen molar-refractivity contribution in [3.63, 3.8) is 0 Å². The first-order chi connectivity index (χ1) is 27.3. The largest absolute Gasteiger partial charge is 0.489 e. The number of fused-ring (bicyclic) bond motifs is 2. The van der Waals surface area contributed by atoms with Crippen LogP contribution in [0.1, 0.15) is 84.8 Å². The number of nitriles is 1. The van der Waals surface area contributed by atoms with Crippen LogP contribution in [0.2, 0.25) is 0 Å². The highest BCUT2D eigenvalue weighted by Crippen LogP contribution is 2.61. The lowest BCUT2D eigenvalue weighted by atomic mass is 9.55. The summed E-state index contributed by atoms with van der Waals surface area (Å²) in [6.45, 7) is 6.54. The van der Waals surface area contributed by atoms with E-state index in [1.54, 1.807) is 60.5 Å². The standard InChI is InChI=1S/C45H52FN3O7/c1-4-24-54-45-41(49(3)44(52)31-18-16-30(28-47)17-19-31)27-39(48-55-5-2)36-25-32(12-8-10-22-50)35(14-9-11-23-51)42(43(36)45)37-26-34(20-21-40(37)56-45)53-29-33-13-6-7-15-38(33)46/h4,6-7,13,15-21,25-26,32,35,41-43,50-51H,1,5,8-12,14,22-24,27,29H2,2-3H3. The smallest absolute Gasteiger partial charge is 0.254 e. The molecule has 0 bridgehead atoms. The molecule has 1 saturated carbocycles. The summed E-state index contributed by atoms with van der Waals surface area (Å²) in [5.41, 5.74) is 3.83. The maximum Gasteiger partial charge on any atom is 0.254 e. The molecule has 2 aliphatic carbocycles. The number of rotatable bonds is 18. The van der Waals surface area contributed by atoms with Crippen LogP contribution in [0.4, 0.5) is 4.39 Å². The summed E-state index contributed by atoms with van der Waals surface area (Å²) in [7, 11) is 1.74. The van der Waals surface area contributed by atoms with Gasteiger partial charge in [0.25, 0.3) is 5.91 Å². The summed E-state index contributed by atoms with van der Waals surface area (Å²) in [6, 6.07) is 20.2. The SMILES string of the molecule is C=CCOC12Oc3ccc(OCc4ccccc4F)cc3C3C(CCCCO)C(CCCCO)C=C(C(=NOCC)CC1N(C)C(=O)c1ccc(C#N)cc1)C32. The lowest BCUT2D eigenvalue weighted by molar-refractivity contribution is -0.252. The van der Waals surface area contributed by atoms with Gasteiger partial charge >= 0.3 is 0 Å². The Morgan fingerprint density at radius 1 is 1.09 bits per heavy atom. The Bertz CT molecular complexity index is 1940. The van der Waals surface area contributed by atoms with Gasteiger partial charge < -0.3 is 34.2 Å². The normalized spacial score (nSPS) is 24.2. The highest BCUT2D eigenvalue weighted by molar-refractivity contribution is 6.03. The van der Waals surface area contributed by atoms with Crippen LogP contribution in [-0.4, -0.2) is 72.0 Å². The number of allylic oxidation sites excluding steroid dienone is 1. The number of benzene rings is 3. The number of amides is 1. The number of likely N-dealkylation sites (N-methyl/N-ethyl adjacent to an activating group) is 1. The third-order valence-corrected chi connectivity index (χ3v) is 11.3. The van der Waals surface area contributed by atoms with Crippen molar-refractivity contribution < 1.29 is 38.4 Å². The van der Waals surface area contributed by atoms with Crippen LogP contribution < -0.4 is 9.47 Å². The molecule has 3 aliphatic rings. The van der Waals surface area contributed by atoms with Crippen molar-refractivity contribution in [2.45, 2.75) is 76.2 Å². The molecular formula is C45H52FN3O7. The molecule has 2 N–H and O–H groups in total. The van der Waals surface area contributed by atoms with Crippen LogP contribution in [0.15, 0.2) is 96.2 Å². The molecule has 0 radical (unpaired) electrons. The van der Waals surface area contributed by atoms with Crippen LogP contribution in [-0.2, 0) is 16.2 Å². The van der Waals surface area contributed by atoms with E-state index < -0.39 is 17.7 Å². The second-order valence-electron chi connectivity index (χ2n) is 14.7. The molecule has 1 amide bonds. The number of hydrogen-bond acceptors (Lipinski definition) is 9. The van der Waals surface area contributed by atoms with Gasteiger partial charge in [-0.05, 0) is 98.5 Å². The number of aliphatic hydroxyl groups excluding tert-OH is 2. The molecular weight excluding hydrogens is 714 g/mol. The van der Waals surface area contributed by atoms with E-state index in [9.17, 15) is 24.7 Å². The third-order valence-electron chi connectivity index (χ3n) is 11.3. The van der Waals surface area contributed by atoms with Gasteiger partial charge in [0, 0.05) is 49.3 Å². The molecule has 56 heavy (non-hydrogen) atoms. The predicted molar refractivity (Wildman–Crippen MR) is 211 cm³/mol. The minimum absolute atomic E-state index is 0.0387. The van der Waals surface area contributed by atoms with Crippen LogP contribution in [0, 0.1) is 34.9 Å². The molecule has 1 fully saturated rings.